The van der Waals surface area contributed by atoms with Crippen LogP contribution < -0.4 is 5.32 Å². The van der Waals surface area contributed by atoms with E-state index in [1.807, 2.05) is 0 Å². The second kappa shape index (κ2) is 8.77. The van der Waals surface area contributed by atoms with Gasteiger partial charge in [-0.3, -0.25) is 19.6 Å². The molecular formula is C22H21Cl2N3O4. The first-order chi connectivity index (χ1) is 14.5. The average Bonchev–Trinajstić information content (AvgIpc) is 2.71. The maximum absolute atomic E-state index is 12.5. The van der Waals surface area contributed by atoms with Crippen molar-refractivity contribution < 1.29 is 19.5 Å². The second-order valence-corrected chi connectivity index (χ2v) is 8.73. The molecule has 2 aromatic rings. The van der Waals surface area contributed by atoms with Crippen molar-refractivity contribution in [3.8, 4) is 0 Å². The second-order valence-electron chi connectivity index (χ2n) is 7.91. The monoisotopic (exact) mass is 461 g/mol. The van der Waals surface area contributed by atoms with Crippen LogP contribution in [0.15, 0.2) is 41.7 Å². The molecule has 2 N–H and O–H groups in total. The molecule has 7 nitrogen and oxygen atoms in total. The van der Waals surface area contributed by atoms with E-state index >= 15 is 0 Å². The van der Waals surface area contributed by atoms with E-state index in [0.717, 1.165) is 5.56 Å². The van der Waals surface area contributed by atoms with E-state index in [2.05, 4.69) is 15.3 Å². The van der Waals surface area contributed by atoms with E-state index in [1.165, 1.54) is 12.4 Å². The molecule has 1 fully saturated rings. The number of benzene rings is 1. The number of halogens is 2. The van der Waals surface area contributed by atoms with Gasteiger partial charge >= 0.3 is 5.97 Å². The van der Waals surface area contributed by atoms with Crippen LogP contribution in [0.4, 0.5) is 5.69 Å². The van der Waals surface area contributed by atoms with E-state index in [9.17, 15) is 19.5 Å². The highest BCUT2D eigenvalue weighted by Crippen LogP contribution is 2.38. The Bertz CT molecular complexity index is 1060. The van der Waals surface area contributed by atoms with E-state index in [-0.39, 0.29) is 33.7 Å². The lowest BCUT2D eigenvalue weighted by Crippen LogP contribution is -2.54. The standard InChI is InChI=1S/C22H21Cl2N3O4/c1-11-18(22(2,3)19(11)28)27-16(21(30)31)8-12-4-6-13(7-5-12)26-20(29)17-14(23)9-25-10-15(17)24/h4-7,9-11,16H,8H2,1-3H3,(H,26,29)(H,30,31). The van der Waals surface area contributed by atoms with Crippen LogP contribution in [-0.2, 0) is 16.0 Å². The largest absolute Gasteiger partial charge is 0.480 e. The Labute approximate surface area is 189 Å². The molecule has 0 aliphatic heterocycles. The fraction of sp³-hybridized carbons (Fsp3) is 0.318. The number of pyridine rings is 1. The summed E-state index contributed by atoms with van der Waals surface area (Å²) >= 11 is 12.0. The number of ketones is 1. The quantitative estimate of drug-likeness (QED) is 0.665. The minimum atomic E-state index is -1.06. The molecule has 1 amide bonds. The predicted molar refractivity (Wildman–Crippen MR) is 119 cm³/mol. The van der Waals surface area contributed by atoms with Crippen molar-refractivity contribution in [1.82, 2.24) is 4.98 Å². The Hall–Kier alpha value is -2.77. The van der Waals surface area contributed by atoms with Gasteiger partial charge in [0.25, 0.3) is 5.91 Å². The van der Waals surface area contributed by atoms with Crippen molar-refractivity contribution in [1.29, 1.82) is 0 Å². The van der Waals surface area contributed by atoms with E-state index in [1.54, 1.807) is 45.0 Å². The van der Waals surface area contributed by atoms with Gasteiger partial charge in [0.1, 0.15) is 0 Å². The minimum Gasteiger partial charge on any atom is -0.480 e. The number of carbonyl (C=O) groups is 3. The molecular weight excluding hydrogens is 441 g/mol. The zero-order valence-electron chi connectivity index (χ0n) is 17.1. The molecule has 0 spiro atoms. The molecule has 1 aromatic carbocycles. The van der Waals surface area contributed by atoms with Gasteiger partial charge in [0, 0.05) is 30.2 Å². The lowest BCUT2D eigenvalue weighted by Gasteiger charge is -2.41. The number of nitrogens with one attached hydrogen (secondary N) is 1. The summed E-state index contributed by atoms with van der Waals surface area (Å²) in [6.07, 6.45) is 2.82. The number of Topliss-reactive ketones (excluding diaryl/α,β-unsaturated/α-hetero) is 1. The summed E-state index contributed by atoms with van der Waals surface area (Å²) in [6, 6.07) is 5.73. The van der Waals surface area contributed by atoms with Gasteiger partial charge in [-0.05, 0) is 31.5 Å². The van der Waals surface area contributed by atoms with Crippen molar-refractivity contribution in [3.63, 3.8) is 0 Å². The molecule has 1 aliphatic rings. The molecule has 0 bridgehead atoms. The number of nitrogens with zero attached hydrogens (tertiary/aromatic N) is 2. The molecule has 1 aliphatic carbocycles. The summed E-state index contributed by atoms with van der Waals surface area (Å²) < 4.78 is 0. The molecule has 1 saturated carbocycles. The maximum Gasteiger partial charge on any atom is 0.328 e. The first-order valence-corrected chi connectivity index (χ1v) is 10.3. The lowest BCUT2D eigenvalue weighted by molar-refractivity contribution is -0.138. The fourth-order valence-electron chi connectivity index (χ4n) is 3.65. The molecule has 162 valence electrons. The van der Waals surface area contributed by atoms with Crippen LogP contribution in [0.25, 0.3) is 0 Å². The molecule has 0 radical (unpaired) electrons. The number of carboxylic acid groups (broad SMARTS) is 1. The van der Waals surface area contributed by atoms with Gasteiger partial charge in [-0.1, -0.05) is 42.3 Å². The SMILES string of the molecule is CC1C(=O)C(C)(C)C1=NC(Cc1ccc(NC(=O)c2c(Cl)cncc2Cl)cc1)C(=O)O. The lowest BCUT2D eigenvalue weighted by atomic mass is 9.62. The highest BCUT2D eigenvalue weighted by atomic mass is 35.5. The van der Waals surface area contributed by atoms with Crippen molar-refractivity contribution in [2.45, 2.75) is 33.2 Å². The topological polar surface area (TPSA) is 109 Å². The third-order valence-electron chi connectivity index (χ3n) is 5.36. The Morgan fingerprint density at radius 1 is 1.19 bits per heavy atom. The molecule has 0 saturated heterocycles. The van der Waals surface area contributed by atoms with E-state index < -0.39 is 23.3 Å². The molecule has 9 heteroatoms. The zero-order valence-corrected chi connectivity index (χ0v) is 18.7. The number of aromatic nitrogens is 1. The van der Waals surface area contributed by atoms with Gasteiger partial charge in [0.15, 0.2) is 11.8 Å². The fourth-order valence-corrected chi connectivity index (χ4v) is 4.19. The van der Waals surface area contributed by atoms with Crippen LogP contribution in [0.5, 0.6) is 0 Å². The average molecular weight is 462 g/mol. The normalized spacial score (nSPS) is 19.6. The summed E-state index contributed by atoms with van der Waals surface area (Å²) in [4.78, 5) is 44.4. The highest BCUT2D eigenvalue weighted by molar-refractivity contribution is 6.40. The maximum atomic E-state index is 12.5. The molecule has 2 unspecified atom stereocenters. The number of rotatable bonds is 6. The number of anilines is 1. The van der Waals surface area contributed by atoms with Crippen LogP contribution in [0.2, 0.25) is 10.0 Å². The summed E-state index contributed by atoms with van der Waals surface area (Å²) in [5.41, 5.74) is 1.23. The van der Waals surface area contributed by atoms with Crippen LogP contribution >= 0.6 is 23.2 Å². The van der Waals surface area contributed by atoms with Crippen LogP contribution in [-0.4, -0.2) is 39.5 Å². The third-order valence-corrected chi connectivity index (χ3v) is 5.93. The Morgan fingerprint density at radius 3 is 2.29 bits per heavy atom. The minimum absolute atomic E-state index is 0.0601. The van der Waals surface area contributed by atoms with Crippen LogP contribution in [0, 0.1) is 11.3 Å². The predicted octanol–water partition coefficient (Wildman–Crippen LogP) is 4.32. The molecule has 31 heavy (non-hydrogen) atoms. The van der Waals surface area contributed by atoms with Gasteiger partial charge in [0.05, 0.1) is 26.9 Å². The molecule has 1 aromatic heterocycles. The number of aliphatic carboxylic acids is 1. The van der Waals surface area contributed by atoms with Crippen LogP contribution in [0.3, 0.4) is 0 Å². The summed E-state index contributed by atoms with van der Waals surface area (Å²) in [7, 11) is 0. The number of amides is 1. The summed E-state index contributed by atoms with van der Waals surface area (Å²) in [5, 5.41) is 12.6. The molecule has 1 heterocycles. The Balaban J connectivity index is 1.73. The smallest absolute Gasteiger partial charge is 0.328 e. The number of carbonyl (C=O) groups excluding carboxylic acids is 2. The van der Waals surface area contributed by atoms with Crippen molar-refractivity contribution in [2.24, 2.45) is 16.3 Å². The van der Waals surface area contributed by atoms with E-state index in [0.29, 0.717) is 11.4 Å². The third kappa shape index (κ3) is 4.62. The van der Waals surface area contributed by atoms with Crippen molar-refractivity contribution in [2.75, 3.05) is 5.32 Å². The highest BCUT2D eigenvalue weighted by Gasteiger charge is 2.50. The zero-order chi connectivity index (χ0) is 22.9. The number of carboxylic acids is 1. The number of aliphatic imine (C=N–C) groups is 1. The Morgan fingerprint density at radius 2 is 1.77 bits per heavy atom. The van der Waals surface area contributed by atoms with Crippen molar-refractivity contribution >= 4 is 52.3 Å². The molecule has 2 atom stereocenters. The number of hydrogen-bond acceptors (Lipinski definition) is 5. The van der Waals surface area contributed by atoms with E-state index in [4.69, 9.17) is 23.2 Å². The van der Waals surface area contributed by atoms with Gasteiger partial charge in [0.2, 0.25) is 0 Å². The Kier molecular flexibility index (Phi) is 6.48. The van der Waals surface area contributed by atoms with Gasteiger partial charge < -0.3 is 10.4 Å². The van der Waals surface area contributed by atoms with Gasteiger partial charge in [-0.25, -0.2) is 4.79 Å². The van der Waals surface area contributed by atoms with Crippen molar-refractivity contribution in [3.05, 3.63) is 57.8 Å². The van der Waals surface area contributed by atoms with Gasteiger partial charge in [-0.2, -0.15) is 0 Å². The number of hydrogen-bond donors (Lipinski definition) is 2. The molecule has 3 rings (SSSR count). The van der Waals surface area contributed by atoms with Gasteiger partial charge in [-0.15, -0.1) is 0 Å². The first-order valence-electron chi connectivity index (χ1n) is 9.57. The summed E-state index contributed by atoms with van der Waals surface area (Å²) in [5.74, 6) is -1.84. The first kappa shape index (κ1) is 22.9. The van der Waals surface area contributed by atoms with Crippen LogP contribution in [0.1, 0.15) is 36.7 Å². The summed E-state index contributed by atoms with van der Waals surface area (Å²) in [6.45, 7) is 5.25.